The third kappa shape index (κ3) is 5.90. The quantitative estimate of drug-likeness (QED) is 0.780. The molecule has 1 N–H and O–H groups in total. The van der Waals surface area contributed by atoms with Gasteiger partial charge in [0, 0.05) is 43.5 Å². The molecule has 1 aliphatic rings. The minimum absolute atomic E-state index is 0.0648. The molecule has 0 atom stereocenters. The number of nitrogens with zero attached hydrogens (tertiary/aromatic N) is 1. The molecule has 1 heterocycles. The van der Waals surface area contributed by atoms with Crippen LogP contribution in [0.15, 0.2) is 30.3 Å². The molecule has 23 heavy (non-hydrogen) atoms. The summed E-state index contributed by atoms with van der Waals surface area (Å²) in [5, 5.41) is 3.03. The van der Waals surface area contributed by atoms with Crippen LogP contribution in [0.3, 0.4) is 0 Å². The molecule has 0 radical (unpaired) electrons. The van der Waals surface area contributed by atoms with Gasteiger partial charge in [-0.1, -0.05) is 37.3 Å². The normalized spacial score (nSPS) is 15.4. The van der Waals surface area contributed by atoms with Crippen molar-refractivity contribution in [1.29, 1.82) is 0 Å². The Bertz CT molecular complexity index is 499. The van der Waals surface area contributed by atoms with Crippen LogP contribution >= 0.6 is 11.8 Å². The van der Waals surface area contributed by atoms with Crippen molar-refractivity contribution in [3.8, 4) is 0 Å². The highest BCUT2D eigenvalue weighted by Crippen LogP contribution is 2.18. The van der Waals surface area contributed by atoms with Gasteiger partial charge < -0.3 is 10.2 Å². The Morgan fingerprint density at radius 2 is 1.91 bits per heavy atom. The fourth-order valence-electron chi connectivity index (χ4n) is 2.77. The first-order valence-electron chi connectivity index (χ1n) is 8.38. The maximum absolute atomic E-state index is 12.2. The summed E-state index contributed by atoms with van der Waals surface area (Å²) in [5.74, 6) is 2.31. The van der Waals surface area contributed by atoms with Crippen molar-refractivity contribution >= 4 is 23.6 Å². The molecule has 1 saturated heterocycles. The Kier molecular flexibility index (Phi) is 7.46. The maximum Gasteiger partial charge on any atom is 0.223 e. The van der Waals surface area contributed by atoms with Gasteiger partial charge in [-0.25, -0.2) is 0 Å². The molecular formula is C18H26N2O2S. The average Bonchev–Trinajstić information content (AvgIpc) is 2.61. The smallest absolute Gasteiger partial charge is 0.223 e. The highest BCUT2D eigenvalue weighted by molar-refractivity contribution is 7.98. The van der Waals surface area contributed by atoms with Crippen LogP contribution < -0.4 is 5.32 Å². The van der Waals surface area contributed by atoms with Crippen LogP contribution in [0.1, 0.15) is 31.7 Å². The summed E-state index contributed by atoms with van der Waals surface area (Å²) in [7, 11) is 0. The highest BCUT2D eigenvalue weighted by atomic mass is 32.2. The molecule has 0 saturated carbocycles. The van der Waals surface area contributed by atoms with Crippen LogP contribution in [0, 0.1) is 5.92 Å². The van der Waals surface area contributed by atoms with Crippen LogP contribution in [-0.4, -0.2) is 42.1 Å². The Morgan fingerprint density at radius 3 is 2.57 bits per heavy atom. The number of carbonyl (C=O) groups excluding carboxylic acids is 2. The second kappa shape index (κ2) is 9.60. The molecule has 0 aromatic heterocycles. The summed E-state index contributed by atoms with van der Waals surface area (Å²) in [5.41, 5.74) is 1.32. The third-order valence-corrected chi connectivity index (χ3v) is 5.21. The van der Waals surface area contributed by atoms with Crippen molar-refractivity contribution in [2.24, 2.45) is 5.92 Å². The fraction of sp³-hybridized carbons (Fsp3) is 0.556. The largest absolute Gasteiger partial charge is 0.355 e. The molecule has 2 rings (SSSR count). The molecule has 2 amide bonds. The predicted octanol–water partition coefficient (Wildman–Crippen LogP) is 2.68. The number of hydrogen-bond acceptors (Lipinski definition) is 3. The number of rotatable bonds is 7. The summed E-state index contributed by atoms with van der Waals surface area (Å²) in [6.07, 6.45) is 2.12. The zero-order chi connectivity index (χ0) is 16.5. The van der Waals surface area contributed by atoms with Crippen LogP contribution in [-0.2, 0) is 15.3 Å². The zero-order valence-corrected chi connectivity index (χ0v) is 14.6. The molecule has 1 aromatic rings. The topological polar surface area (TPSA) is 49.4 Å². The summed E-state index contributed by atoms with van der Waals surface area (Å²) >= 11 is 1.83. The number of amides is 2. The zero-order valence-electron chi connectivity index (χ0n) is 13.8. The van der Waals surface area contributed by atoms with Crippen molar-refractivity contribution < 1.29 is 9.59 Å². The van der Waals surface area contributed by atoms with E-state index in [0.717, 1.165) is 24.3 Å². The molecular weight excluding hydrogens is 308 g/mol. The lowest BCUT2D eigenvalue weighted by molar-refractivity contribution is -0.135. The van der Waals surface area contributed by atoms with E-state index in [2.05, 4.69) is 17.4 Å². The van der Waals surface area contributed by atoms with Gasteiger partial charge >= 0.3 is 0 Å². The molecule has 0 unspecified atom stereocenters. The van der Waals surface area contributed by atoms with E-state index in [4.69, 9.17) is 0 Å². The summed E-state index contributed by atoms with van der Waals surface area (Å²) in [4.78, 5) is 25.7. The first-order chi connectivity index (χ1) is 11.2. The van der Waals surface area contributed by atoms with E-state index in [-0.39, 0.29) is 17.7 Å². The molecule has 0 aliphatic carbocycles. The van der Waals surface area contributed by atoms with Gasteiger partial charge in [-0.3, -0.25) is 9.59 Å². The Morgan fingerprint density at radius 1 is 1.22 bits per heavy atom. The average molecular weight is 334 g/mol. The molecule has 5 heteroatoms. The minimum Gasteiger partial charge on any atom is -0.355 e. The molecule has 1 fully saturated rings. The van der Waals surface area contributed by atoms with Crippen LogP contribution in [0.25, 0.3) is 0 Å². The molecule has 4 nitrogen and oxygen atoms in total. The predicted molar refractivity (Wildman–Crippen MR) is 95.2 cm³/mol. The highest BCUT2D eigenvalue weighted by Gasteiger charge is 2.26. The van der Waals surface area contributed by atoms with Crippen molar-refractivity contribution in [2.45, 2.75) is 31.9 Å². The van der Waals surface area contributed by atoms with Crippen molar-refractivity contribution in [1.82, 2.24) is 10.2 Å². The molecule has 1 aliphatic heterocycles. The standard InChI is InChI=1S/C18H26N2O2S/c1-2-17(21)20-11-8-16(9-12-20)18(22)19-10-13-23-14-15-6-4-3-5-7-15/h3-7,16H,2,8-14H2,1H3,(H,19,22). The van der Waals surface area contributed by atoms with Gasteiger partial charge in [0.15, 0.2) is 0 Å². The lowest BCUT2D eigenvalue weighted by atomic mass is 9.96. The second-order valence-corrected chi connectivity index (χ2v) is 6.94. The van der Waals surface area contributed by atoms with Crippen LogP contribution in [0.4, 0.5) is 0 Å². The van der Waals surface area contributed by atoms with E-state index in [0.29, 0.717) is 26.1 Å². The van der Waals surface area contributed by atoms with Gasteiger partial charge in [0.2, 0.25) is 11.8 Å². The van der Waals surface area contributed by atoms with Gasteiger partial charge in [0.25, 0.3) is 0 Å². The van der Waals surface area contributed by atoms with Crippen LogP contribution in [0.5, 0.6) is 0 Å². The molecule has 1 aromatic carbocycles. The second-order valence-electron chi connectivity index (χ2n) is 5.84. The number of piperidine rings is 1. The van der Waals surface area contributed by atoms with Gasteiger partial charge in [-0.2, -0.15) is 11.8 Å². The molecule has 126 valence electrons. The lowest BCUT2D eigenvalue weighted by Crippen LogP contribution is -2.43. The number of carbonyl (C=O) groups is 2. The number of nitrogens with one attached hydrogen (secondary N) is 1. The van der Waals surface area contributed by atoms with Gasteiger partial charge in [0.1, 0.15) is 0 Å². The number of thioether (sulfide) groups is 1. The minimum atomic E-state index is 0.0648. The maximum atomic E-state index is 12.2. The monoisotopic (exact) mass is 334 g/mol. The molecule has 0 bridgehead atoms. The fourth-order valence-corrected chi connectivity index (χ4v) is 3.59. The third-order valence-electron chi connectivity index (χ3n) is 4.18. The molecule has 0 spiro atoms. The van der Waals surface area contributed by atoms with E-state index in [1.807, 2.05) is 41.8 Å². The van der Waals surface area contributed by atoms with E-state index in [1.54, 1.807) is 0 Å². The number of benzene rings is 1. The summed E-state index contributed by atoms with van der Waals surface area (Å²) in [6.45, 7) is 4.03. The van der Waals surface area contributed by atoms with E-state index >= 15 is 0 Å². The van der Waals surface area contributed by atoms with Gasteiger partial charge in [0.05, 0.1) is 0 Å². The number of hydrogen-bond donors (Lipinski definition) is 1. The van der Waals surface area contributed by atoms with Crippen molar-refractivity contribution in [3.05, 3.63) is 35.9 Å². The lowest BCUT2D eigenvalue weighted by Gasteiger charge is -2.31. The van der Waals surface area contributed by atoms with E-state index in [9.17, 15) is 9.59 Å². The Balaban J connectivity index is 1.58. The van der Waals surface area contributed by atoms with Gasteiger partial charge in [-0.15, -0.1) is 0 Å². The number of likely N-dealkylation sites (tertiary alicyclic amines) is 1. The SMILES string of the molecule is CCC(=O)N1CCC(C(=O)NCCSCc2ccccc2)CC1. The van der Waals surface area contributed by atoms with Crippen molar-refractivity contribution in [2.75, 3.05) is 25.4 Å². The van der Waals surface area contributed by atoms with Gasteiger partial charge in [-0.05, 0) is 18.4 Å². The van der Waals surface area contributed by atoms with E-state index < -0.39 is 0 Å². The Labute approximate surface area is 143 Å². The first kappa shape index (κ1) is 17.9. The van der Waals surface area contributed by atoms with Crippen molar-refractivity contribution in [3.63, 3.8) is 0 Å². The first-order valence-corrected chi connectivity index (χ1v) is 9.53. The Hall–Kier alpha value is -1.49. The van der Waals surface area contributed by atoms with Crippen LogP contribution in [0.2, 0.25) is 0 Å². The van der Waals surface area contributed by atoms with E-state index in [1.165, 1.54) is 5.56 Å². The summed E-state index contributed by atoms with van der Waals surface area (Å²) < 4.78 is 0. The summed E-state index contributed by atoms with van der Waals surface area (Å²) in [6, 6.07) is 10.4.